The first-order valence-electron chi connectivity index (χ1n) is 9.95. The van der Waals surface area contributed by atoms with E-state index >= 15 is 0 Å². The average molecular weight is 523 g/mol. The number of halogens is 1. The Kier molecular flexibility index (Phi) is 6.90. The highest BCUT2D eigenvalue weighted by atomic mass is 79.9. The molecule has 0 aliphatic heterocycles. The Hall–Kier alpha value is -3.43. The van der Waals surface area contributed by atoms with Crippen molar-refractivity contribution >= 4 is 50.7 Å². The van der Waals surface area contributed by atoms with E-state index in [-0.39, 0.29) is 23.0 Å². The van der Waals surface area contributed by atoms with Crippen molar-refractivity contribution in [1.82, 2.24) is 15.0 Å². The second-order valence-electron chi connectivity index (χ2n) is 7.12. The van der Waals surface area contributed by atoms with E-state index in [9.17, 15) is 14.7 Å². The molecule has 0 fully saturated rings. The van der Waals surface area contributed by atoms with E-state index in [0.29, 0.717) is 27.3 Å². The maximum absolute atomic E-state index is 13.3. The fourth-order valence-corrected chi connectivity index (χ4v) is 4.38. The molecule has 4 rings (SSSR count). The Morgan fingerprint density at radius 2 is 1.94 bits per heavy atom. The maximum atomic E-state index is 13.3. The van der Waals surface area contributed by atoms with Crippen molar-refractivity contribution in [3.63, 3.8) is 0 Å². The number of aromatic hydroxyl groups is 1. The number of aryl methyl sites for hydroxylation is 1. The molecule has 0 saturated heterocycles. The van der Waals surface area contributed by atoms with Crippen molar-refractivity contribution < 1.29 is 9.90 Å². The van der Waals surface area contributed by atoms with Gasteiger partial charge in [0.15, 0.2) is 5.16 Å². The lowest BCUT2D eigenvalue weighted by Crippen LogP contribution is -2.24. The first-order valence-corrected chi connectivity index (χ1v) is 11.7. The molecule has 0 saturated carbocycles. The number of carbonyl (C=O) groups excluding carboxylic acids is 1. The number of nitrogens with zero attached hydrogens (tertiary/aromatic N) is 3. The van der Waals surface area contributed by atoms with Crippen LogP contribution in [0.1, 0.15) is 11.1 Å². The Balaban J connectivity index is 1.58. The molecule has 1 aromatic heterocycles. The predicted molar refractivity (Wildman–Crippen MR) is 134 cm³/mol. The first-order chi connectivity index (χ1) is 15.9. The zero-order chi connectivity index (χ0) is 23.4. The van der Waals surface area contributed by atoms with Gasteiger partial charge < -0.3 is 5.11 Å². The number of thioether (sulfide) groups is 1. The smallest absolute Gasteiger partial charge is 0.266 e. The number of phenolic OH excluding ortho intramolecular Hbond substituents is 1. The van der Waals surface area contributed by atoms with Gasteiger partial charge in [0, 0.05) is 10.0 Å². The Morgan fingerprint density at radius 1 is 1.18 bits per heavy atom. The van der Waals surface area contributed by atoms with Crippen molar-refractivity contribution in [3.05, 3.63) is 92.7 Å². The summed E-state index contributed by atoms with van der Waals surface area (Å²) < 4.78 is 2.32. The van der Waals surface area contributed by atoms with Gasteiger partial charge in [-0.25, -0.2) is 10.4 Å². The lowest BCUT2D eigenvalue weighted by Gasteiger charge is -2.14. The van der Waals surface area contributed by atoms with E-state index in [2.05, 4.69) is 31.4 Å². The summed E-state index contributed by atoms with van der Waals surface area (Å²) in [5, 5.41) is 14.7. The molecule has 0 unspecified atom stereocenters. The lowest BCUT2D eigenvalue weighted by atomic mass is 10.2. The lowest BCUT2D eigenvalue weighted by molar-refractivity contribution is -0.118. The van der Waals surface area contributed by atoms with Crippen LogP contribution in [0.5, 0.6) is 5.75 Å². The van der Waals surface area contributed by atoms with Crippen LogP contribution in [-0.4, -0.2) is 32.5 Å². The van der Waals surface area contributed by atoms with Crippen molar-refractivity contribution in [2.45, 2.75) is 12.1 Å². The summed E-state index contributed by atoms with van der Waals surface area (Å²) in [6.07, 6.45) is 1.36. The van der Waals surface area contributed by atoms with Crippen LogP contribution < -0.4 is 11.0 Å². The van der Waals surface area contributed by atoms with Crippen LogP contribution >= 0.6 is 27.7 Å². The molecule has 4 aromatic rings. The molecule has 33 heavy (non-hydrogen) atoms. The molecule has 0 atom stereocenters. The molecule has 0 aliphatic rings. The van der Waals surface area contributed by atoms with Gasteiger partial charge in [-0.3, -0.25) is 14.2 Å². The predicted octanol–water partition coefficient (Wildman–Crippen LogP) is 4.40. The van der Waals surface area contributed by atoms with Gasteiger partial charge in [-0.15, -0.1) is 0 Å². The number of carbonyl (C=O) groups is 1. The molecule has 7 nitrogen and oxygen atoms in total. The number of fused-ring (bicyclic) bond motifs is 1. The molecule has 0 spiro atoms. The molecule has 3 aromatic carbocycles. The minimum Gasteiger partial charge on any atom is -0.507 e. The number of hydrogen-bond donors (Lipinski definition) is 2. The van der Waals surface area contributed by atoms with Gasteiger partial charge in [-0.05, 0) is 48.9 Å². The van der Waals surface area contributed by atoms with Crippen molar-refractivity contribution in [2.24, 2.45) is 5.10 Å². The molecule has 0 bridgehead atoms. The zero-order valence-electron chi connectivity index (χ0n) is 17.5. The monoisotopic (exact) mass is 522 g/mol. The van der Waals surface area contributed by atoms with Gasteiger partial charge in [-0.2, -0.15) is 5.10 Å². The molecule has 0 aliphatic carbocycles. The first kappa shape index (κ1) is 22.8. The van der Waals surface area contributed by atoms with Crippen molar-refractivity contribution in [3.8, 4) is 11.4 Å². The topological polar surface area (TPSA) is 96.6 Å². The van der Waals surface area contributed by atoms with E-state index in [0.717, 1.165) is 21.8 Å². The summed E-state index contributed by atoms with van der Waals surface area (Å²) in [5.41, 5.74) is 4.91. The fourth-order valence-electron chi connectivity index (χ4n) is 3.20. The Labute approximate surface area is 202 Å². The number of aromatic nitrogens is 2. The standard InChI is InChI=1S/C24H19BrN4O3S/c1-15-6-2-5-9-20(15)29-23(32)18-7-3-4-8-19(18)27-24(29)33-14-22(31)28-26-13-16-12-17(25)10-11-21(16)30/h2-13,30H,14H2,1H3,(H,28,31)/b26-13+. The highest BCUT2D eigenvalue weighted by Gasteiger charge is 2.15. The Bertz CT molecular complexity index is 1440. The van der Waals surface area contributed by atoms with E-state index in [1.165, 1.54) is 12.3 Å². The number of hydrazone groups is 1. The van der Waals surface area contributed by atoms with E-state index < -0.39 is 0 Å². The van der Waals surface area contributed by atoms with Crippen LogP contribution in [-0.2, 0) is 4.79 Å². The van der Waals surface area contributed by atoms with Crippen LogP contribution in [0.2, 0.25) is 0 Å². The second-order valence-corrected chi connectivity index (χ2v) is 8.98. The number of amides is 1. The van der Waals surface area contributed by atoms with Gasteiger partial charge in [-0.1, -0.05) is 58.0 Å². The van der Waals surface area contributed by atoms with Gasteiger partial charge in [0.05, 0.1) is 28.6 Å². The summed E-state index contributed by atoms with van der Waals surface area (Å²) >= 11 is 4.47. The number of rotatable bonds is 6. The summed E-state index contributed by atoms with van der Waals surface area (Å²) in [5.74, 6) is -0.323. The molecule has 9 heteroatoms. The number of hydrogen-bond acceptors (Lipinski definition) is 6. The van der Waals surface area contributed by atoms with Crippen LogP contribution in [0.15, 0.2) is 86.3 Å². The number of benzene rings is 3. The Morgan fingerprint density at radius 3 is 2.76 bits per heavy atom. The molecule has 2 N–H and O–H groups in total. The van der Waals surface area contributed by atoms with Gasteiger partial charge in [0.1, 0.15) is 5.75 Å². The zero-order valence-corrected chi connectivity index (χ0v) is 19.9. The second kappa shape index (κ2) is 10.0. The van der Waals surface area contributed by atoms with E-state index in [1.807, 2.05) is 37.3 Å². The highest BCUT2D eigenvalue weighted by Crippen LogP contribution is 2.23. The molecule has 0 radical (unpaired) electrons. The number of para-hydroxylation sites is 2. The fraction of sp³-hybridized carbons (Fsp3) is 0.0833. The molecular weight excluding hydrogens is 504 g/mol. The van der Waals surface area contributed by atoms with Crippen LogP contribution in [0.3, 0.4) is 0 Å². The molecule has 1 heterocycles. The SMILES string of the molecule is Cc1ccccc1-n1c(SCC(=O)N/N=C/c2cc(Br)ccc2O)nc2ccccc2c1=O. The molecule has 1 amide bonds. The third-order valence-corrected chi connectivity index (χ3v) is 6.25. The minimum atomic E-state index is -0.371. The van der Waals surface area contributed by atoms with E-state index in [1.54, 1.807) is 34.9 Å². The van der Waals surface area contributed by atoms with E-state index in [4.69, 9.17) is 0 Å². The minimum absolute atomic E-state index is 0.00152. The normalized spacial score (nSPS) is 11.2. The average Bonchev–Trinajstić information content (AvgIpc) is 2.81. The van der Waals surface area contributed by atoms with Crippen LogP contribution in [0.25, 0.3) is 16.6 Å². The number of phenols is 1. The van der Waals surface area contributed by atoms with Crippen molar-refractivity contribution in [2.75, 3.05) is 5.75 Å². The largest absolute Gasteiger partial charge is 0.507 e. The third kappa shape index (κ3) is 5.15. The summed E-state index contributed by atoms with van der Waals surface area (Å²) in [6, 6.07) is 19.6. The van der Waals surface area contributed by atoms with Gasteiger partial charge >= 0.3 is 0 Å². The van der Waals surface area contributed by atoms with Crippen LogP contribution in [0.4, 0.5) is 0 Å². The number of nitrogens with one attached hydrogen (secondary N) is 1. The summed E-state index contributed by atoms with van der Waals surface area (Å²) in [4.78, 5) is 30.3. The van der Waals surface area contributed by atoms with Gasteiger partial charge in [0.2, 0.25) is 0 Å². The van der Waals surface area contributed by atoms with Crippen LogP contribution in [0, 0.1) is 6.92 Å². The summed E-state index contributed by atoms with van der Waals surface area (Å²) in [7, 11) is 0. The summed E-state index contributed by atoms with van der Waals surface area (Å²) in [6.45, 7) is 1.92. The third-order valence-electron chi connectivity index (χ3n) is 4.82. The van der Waals surface area contributed by atoms with Crippen molar-refractivity contribution in [1.29, 1.82) is 0 Å². The highest BCUT2D eigenvalue weighted by molar-refractivity contribution is 9.10. The molecule has 166 valence electrons. The molecular formula is C24H19BrN4O3S. The quantitative estimate of drug-likeness (QED) is 0.169. The van der Waals surface area contributed by atoms with Gasteiger partial charge in [0.25, 0.3) is 11.5 Å². The maximum Gasteiger partial charge on any atom is 0.266 e.